The Kier molecular flexibility index (Phi) is 5.61. The Hall–Kier alpha value is -3.21. The summed E-state index contributed by atoms with van der Waals surface area (Å²) in [5, 5.41) is 3.00. The van der Waals surface area contributed by atoms with Crippen molar-refractivity contribution in [1.29, 1.82) is 0 Å². The lowest BCUT2D eigenvalue weighted by atomic mass is 10.1. The molecule has 0 unspecified atom stereocenters. The number of carbonyl (C=O) groups is 1. The first-order valence-electron chi connectivity index (χ1n) is 9.81. The number of hydrogen-bond acceptors (Lipinski definition) is 4. The number of carbonyl (C=O) groups excluding carboxylic acids is 1. The highest BCUT2D eigenvalue weighted by Gasteiger charge is 2.19. The van der Waals surface area contributed by atoms with Crippen molar-refractivity contribution in [2.24, 2.45) is 0 Å². The van der Waals surface area contributed by atoms with E-state index in [4.69, 9.17) is 4.98 Å². The zero-order valence-corrected chi connectivity index (χ0v) is 15.8. The van der Waals surface area contributed by atoms with E-state index < -0.39 is 0 Å². The van der Waals surface area contributed by atoms with Crippen molar-refractivity contribution >= 4 is 11.7 Å². The van der Waals surface area contributed by atoms with Gasteiger partial charge in [0.05, 0.1) is 0 Å². The number of nitrogens with one attached hydrogen (secondary N) is 1. The fourth-order valence-corrected chi connectivity index (χ4v) is 3.43. The Morgan fingerprint density at radius 1 is 0.929 bits per heavy atom. The summed E-state index contributed by atoms with van der Waals surface area (Å²) in [6.07, 6.45) is 3.11. The van der Waals surface area contributed by atoms with Gasteiger partial charge in [-0.1, -0.05) is 60.7 Å². The standard InChI is InChI=1S/C23H24N4O/c28-23(24-14-13-18-9-3-1-4-10-18)20-17-21(27-15-7-8-16-27)26-22(25-20)19-11-5-2-6-12-19/h1-6,9-12,17H,7-8,13-16H2,(H,24,28). The van der Waals surface area contributed by atoms with Gasteiger partial charge >= 0.3 is 0 Å². The molecule has 3 aromatic rings. The van der Waals surface area contributed by atoms with Crippen LogP contribution >= 0.6 is 0 Å². The lowest BCUT2D eigenvalue weighted by Gasteiger charge is -2.18. The van der Waals surface area contributed by atoms with Gasteiger partial charge in [0.1, 0.15) is 11.5 Å². The number of anilines is 1. The van der Waals surface area contributed by atoms with Crippen LogP contribution in [0.25, 0.3) is 11.4 Å². The normalized spacial score (nSPS) is 13.5. The molecule has 5 nitrogen and oxygen atoms in total. The molecule has 1 aliphatic heterocycles. The largest absolute Gasteiger partial charge is 0.356 e. The van der Waals surface area contributed by atoms with E-state index in [0.29, 0.717) is 18.1 Å². The van der Waals surface area contributed by atoms with E-state index in [2.05, 4.69) is 27.3 Å². The molecule has 1 fully saturated rings. The van der Waals surface area contributed by atoms with Crippen molar-refractivity contribution in [1.82, 2.24) is 15.3 Å². The third-order valence-corrected chi connectivity index (χ3v) is 4.95. The average molecular weight is 372 g/mol. The predicted molar refractivity (Wildman–Crippen MR) is 111 cm³/mol. The third-order valence-electron chi connectivity index (χ3n) is 4.95. The summed E-state index contributed by atoms with van der Waals surface area (Å²) in [5.41, 5.74) is 2.54. The average Bonchev–Trinajstić information content (AvgIpc) is 3.30. The predicted octanol–water partition coefficient (Wildman–Crippen LogP) is 3.72. The van der Waals surface area contributed by atoms with Gasteiger partial charge in [0.15, 0.2) is 5.82 Å². The number of hydrogen-bond donors (Lipinski definition) is 1. The van der Waals surface area contributed by atoms with Gasteiger partial charge in [0.2, 0.25) is 0 Å². The van der Waals surface area contributed by atoms with Gasteiger partial charge in [0.25, 0.3) is 5.91 Å². The Bertz CT molecular complexity index is 922. The molecule has 28 heavy (non-hydrogen) atoms. The molecule has 0 bridgehead atoms. The van der Waals surface area contributed by atoms with Crippen molar-refractivity contribution in [3.8, 4) is 11.4 Å². The highest BCUT2D eigenvalue weighted by atomic mass is 16.1. The molecule has 1 N–H and O–H groups in total. The minimum atomic E-state index is -0.157. The third kappa shape index (κ3) is 4.36. The van der Waals surface area contributed by atoms with Crippen LogP contribution in [-0.2, 0) is 6.42 Å². The lowest BCUT2D eigenvalue weighted by molar-refractivity contribution is 0.0949. The smallest absolute Gasteiger partial charge is 0.270 e. The van der Waals surface area contributed by atoms with Gasteiger partial charge in [0, 0.05) is 31.3 Å². The van der Waals surface area contributed by atoms with Crippen LogP contribution in [0.3, 0.4) is 0 Å². The van der Waals surface area contributed by atoms with Gasteiger partial charge in [-0.05, 0) is 24.8 Å². The van der Waals surface area contributed by atoms with Crippen LogP contribution in [0.15, 0.2) is 66.7 Å². The first kappa shape index (κ1) is 18.2. The van der Waals surface area contributed by atoms with Crippen LogP contribution in [0.4, 0.5) is 5.82 Å². The Balaban J connectivity index is 1.54. The van der Waals surface area contributed by atoms with Gasteiger partial charge < -0.3 is 10.2 Å². The lowest BCUT2D eigenvalue weighted by Crippen LogP contribution is -2.28. The minimum Gasteiger partial charge on any atom is -0.356 e. The van der Waals surface area contributed by atoms with Crippen molar-refractivity contribution in [3.63, 3.8) is 0 Å². The Morgan fingerprint density at radius 2 is 1.61 bits per heavy atom. The minimum absolute atomic E-state index is 0.157. The highest BCUT2D eigenvalue weighted by Crippen LogP contribution is 2.23. The van der Waals surface area contributed by atoms with Crippen molar-refractivity contribution in [2.75, 3.05) is 24.5 Å². The Labute approximate surface area is 165 Å². The molecule has 1 aromatic heterocycles. The quantitative estimate of drug-likeness (QED) is 0.716. The van der Waals surface area contributed by atoms with Crippen LogP contribution in [-0.4, -0.2) is 35.5 Å². The van der Waals surface area contributed by atoms with Crippen LogP contribution in [0.1, 0.15) is 28.9 Å². The Morgan fingerprint density at radius 3 is 2.32 bits per heavy atom. The van der Waals surface area contributed by atoms with E-state index in [1.165, 1.54) is 5.56 Å². The number of rotatable bonds is 6. The second kappa shape index (κ2) is 8.65. The number of nitrogens with zero attached hydrogens (tertiary/aromatic N) is 3. The van der Waals surface area contributed by atoms with E-state index in [1.54, 1.807) is 0 Å². The van der Waals surface area contributed by atoms with E-state index >= 15 is 0 Å². The number of aromatic nitrogens is 2. The van der Waals surface area contributed by atoms with E-state index in [0.717, 1.165) is 43.7 Å². The molecule has 142 valence electrons. The molecule has 4 rings (SSSR count). The maximum atomic E-state index is 12.8. The maximum absolute atomic E-state index is 12.8. The first-order valence-corrected chi connectivity index (χ1v) is 9.81. The molecule has 0 atom stereocenters. The highest BCUT2D eigenvalue weighted by molar-refractivity contribution is 5.93. The molecule has 2 aromatic carbocycles. The molecule has 0 radical (unpaired) electrons. The van der Waals surface area contributed by atoms with Gasteiger partial charge in [-0.3, -0.25) is 4.79 Å². The SMILES string of the molecule is O=C(NCCc1ccccc1)c1cc(N2CCCC2)nc(-c2ccccc2)n1. The second-order valence-electron chi connectivity index (χ2n) is 6.99. The molecule has 1 amide bonds. The fraction of sp³-hybridized carbons (Fsp3) is 0.261. The molecule has 0 spiro atoms. The van der Waals surface area contributed by atoms with Crippen LogP contribution < -0.4 is 10.2 Å². The molecular weight excluding hydrogens is 348 g/mol. The van der Waals surface area contributed by atoms with Crippen molar-refractivity contribution < 1.29 is 4.79 Å². The first-order chi connectivity index (χ1) is 13.8. The summed E-state index contributed by atoms with van der Waals surface area (Å²) in [6.45, 7) is 2.52. The van der Waals surface area contributed by atoms with Crippen molar-refractivity contribution in [2.45, 2.75) is 19.3 Å². The van der Waals surface area contributed by atoms with E-state index in [-0.39, 0.29) is 5.91 Å². The maximum Gasteiger partial charge on any atom is 0.270 e. The van der Waals surface area contributed by atoms with Crippen LogP contribution in [0, 0.1) is 0 Å². The summed E-state index contributed by atoms with van der Waals surface area (Å²) < 4.78 is 0. The van der Waals surface area contributed by atoms with E-state index in [1.807, 2.05) is 54.6 Å². The summed E-state index contributed by atoms with van der Waals surface area (Å²) in [4.78, 5) is 24.3. The molecule has 1 aliphatic rings. The summed E-state index contributed by atoms with van der Waals surface area (Å²) in [5.74, 6) is 1.27. The second-order valence-corrected chi connectivity index (χ2v) is 6.99. The number of benzene rings is 2. The van der Waals surface area contributed by atoms with Gasteiger partial charge in [-0.25, -0.2) is 9.97 Å². The van der Waals surface area contributed by atoms with E-state index in [9.17, 15) is 4.79 Å². The van der Waals surface area contributed by atoms with Gasteiger partial charge in [-0.15, -0.1) is 0 Å². The topological polar surface area (TPSA) is 58.1 Å². The molecule has 5 heteroatoms. The van der Waals surface area contributed by atoms with Crippen molar-refractivity contribution in [3.05, 3.63) is 78.0 Å². The molecule has 2 heterocycles. The zero-order chi connectivity index (χ0) is 19.2. The zero-order valence-electron chi connectivity index (χ0n) is 15.8. The summed E-state index contributed by atoms with van der Waals surface area (Å²) in [6, 6.07) is 21.8. The molecule has 0 saturated carbocycles. The van der Waals surface area contributed by atoms with Crippen LogP contribution in [0.2, 0.25) is 0 Å². The summed E-state index contributed by atoms with van der Waals surface area (Å²) >= 11 is 0. The van der Waals surface area contributed by atoms with Crippen LogP contribution in [0.5, 0.6) is 0 Å². The number of amides is 1. The molecule has 1 saturated heterocycles. The summed E-state index contributed by atoms with van der Waals surface area (Å²) in [7, 11) is 0. The monoisotopic (exact) mass is 372 g/mol. The molecular formula is C23H24N4O. The van der Waals surface area contributed by atoms with Gasteiger partial charge in [-0.2, -0.15) is 0 Å². The fourth-order valence-electron chi connectivity index (χ4n) is 3.43. The molecule has 0 aliphatic carbocycles.